The van der Waals surface area contributed by atoms with Gasteiger partial charge in [0.25, 0.3) is 5.91 Å². The first-order chi connectivity index (χ1) is 20.8. The van der Waals surface area contributed by atoms with Gasteiger partial charge in [-0.3, -0.25) is 4.79 Å². The third-order valence-electron chi connectivity index (χ3n) is 6.90. The number of amides is 1. The molecule has 2 aromatic carbocycles. The lowest BCUT2D eigenvalue weighted by molar-refractivity contribution is -0.137. The predicted molar refractivity (Wildman–Crippen MR) is 166 cm³/mol. The Morgan fingerprint density at radius 1 is 1.21 bits per heavy atom. The van der Waals surface area contributed by atoms with E-state index in [2.05, 4.69) is 26.2 Å². The fourth-order valence-corrected chi connectivity index (χ4v) is 6.51. The summed E-state index contributed by atoms with van der Waals surface area (Å²) in [5.41, 5.74) is 2.60. The van der Waals surface area contributed by atoms with E-state index in [1.54, 1.807) is 22.6 Å². The van der Waals surface area contributed by atoms with Crippen LogP contribution in [0.2, 0.25) is 5.02 Å². The van der Waals surface area contributed by atoms with E-state index in [-0.39, 0.29) is 12.5 Å². The Balaban J connectivity index is 1.47. The molecule has 0 radical (unpaired) electrons. The van der Waals surface area contributed by atoms with E-state index in [1.165, 1.54) is 18.9 Å². The van der Waals surface area contributed by atoms with Gasteiger partial charge in [0.1, 0.15) is 6.04 Å². The number of anilines is 1. The molecule has 0 aliphatic carbocycles. The first kappa shape index (κ1) is 31.2. The van der Waals surface area contributed by atoms with Gasteiger partial charge < -0.3 is 29.2 Å². The molecule has 2 aliphatic heterocycles. The number of rotatable bonds is 10. The number of ether oxygens (including phenoxy) is 4. The molecule has 3 aromatic rings. The highest BCUT2D eigenvalue weighted by Gasteiger charge is 2.36. The summed E-state index contributed by atoms with van der Waals surface area (Å²) in [6.07, 6.45) is 0. The smallest absolute Gasteiger partial charge is 0.338 e. The van der Waals surface area contributed by atoms with Crippen molar-refractivity contribution in [3.8, 4) is 11.5 Å². The maximum absolute atomic E-state index is 13.1. The van der Waals surface area contributed by atoms with Crippen LogP contribution >= 0.6 is 39.3 Å². The molecule has 1 amide bonds. The number of esters is 1. The SMILES string of the molecule is CCOc1cc(C2C(C(=O)OC)=C(C)Nc3nc(SCc4ccccc4Cl)nn32)cc(Br)c1OCC(=O)N1CCOCC1. The highest BCUT2D eigenvalue weighted by atomic mass is 79.9. The van der Waals surface area contributed by atoms with Crippen molar-refractivity contribution in [3.05, 3.63) is 68.3 Å². The summed E-state index contributed by atoms with van der Waals surface area (Å²) in [6, 6.07) is 10.5. The number of halogens is 2. The second-order valence-corrected chi connectivity index (χ2v) is 11.8. The van der Waals surface area contributed by atoms with Crippen LogP contribution in [-0.2, 0) is 24.8 Å². The zero-order valence-electron chi connectivity index (χ0n) is 23.9. The number of nitrogens with one attached hydrogen (secondary N) is 1. The molecule has 11 nitrogen and oxygen atoms in total. The Bertz CT molecular complexity index is 1540. The summed E-state index contributed by atoms with van der Waals surface area (Å²) in [6.45, 7) is 5.91. The van der Waals surface area contributed by atoms with Crippen molar-refractivity contribution in [2.45, 2.75) is 30.8 Å². The van der Waals surface area contributed by atoms with Gasteiger partial charge in [0.05, 0.1) is 37.0 Å². The Labute approximate surface area is 267 Å². The number of fused-ring (bicyclic) bond motifs is 1. The maximum atomic E-state index is 13.1. The number of morpholine rings is 1. The molecule has 1 fully saturated rings. The van der Waals surface area contributed by atoms with Gasteiger partial charge in [-0.1, -0.05) is 41.6 Å². The van der Waals surface area contributed by atoms with Crippen LogP contribution in [0.3, 0.4) is 0 Å². The van der Waals surface area contributed by atoms with Gasteiger partial charge in [-0.2, -0.15) is 4.98 Å². The summed E-state index contributed by atoms with van der Waals surface area (Å²) < 4.78 is 24.7. The minimum Gasteiger partial charge on any atom is -0.490 e. The molecule has 5 rings (SSSR count). The van der Waals surface area contributed by atoms with Gasteiger partial charge in [-0.05, 0) is 59.1 Å². The normalized spacial score (nSPS) is 16.4. The Kier molecular flexibility index (Phi) is 10.2. The number of nitrogens with zero attached hydrogens (tertiary/aromatic N) is 4. The van der Waals surface area contributed by atoms with E-state index in [0.717, 1.165) is 5.56 Å². The molecule has 1 N–H and O–H groups in total. The van der Waals surface area contributed by atoms with Crippen LogP contribution in [0.15, 0.2) is 57.3 Å². The van der Waals surface area contributed by atoms with Crippen LogP contribution < -0.4 is 14.8 Å². The Hall–Kier alpha value is -3.26. The third-order valence-corrected chi connectivity index (χ3v) is 8.75. The van der Waals surface area contributed by atoms with E-state index in [4.69, 9.17) is 35.6 Å². The molecule has 0 spiro atoms. The highest BCUT2D eigenvalue weighted by molar-refractivity contribution is 9.10. The number of thioether (sulfide) groups is 1. The van der Waals surface area contributed by atoms with Crippen LogP contribution in [0.25, 0.3) is 0 Å². The molecule has 43 heavy (non-hydrogen) atoms. The lowest BCUT2D eigenvalue weighted by Gasteiger charge is -2.29. The van der Waals surface area contributed by atoms with Gasteiger partial charge in [0.2, 0.25) is 11.1 Å². The van der Waals surface area contributed by atoms with Crippen molar-refractivity contribution in [2.24, 2.45) is 0 Å². The van der Waals surface area contributed by atoms with Crippen LogP contribution in [-0.4, -0.2) is 78.2 Å². The number of hydrogen-bond acceptors (Lipinski definition) is 10. The number of carbonyl (C=O) groups excluding carboxylic acids is 2. The number of aromatic nitrogens is 3. The molecule has 2 aliphatic rings. The average molecular weight is 693 g/mol. The molecule has 3 heterocycles. The average Bonchev–Trinajstić information content (AvgIpc) is 3.41. The maximum Gasteiger partial charge on any atom is 0.338 e. The van der Waals surface area contributed by atoms with Crippen molar-refractivity contribution in [2.75, 3.05) is 51.9 Å². The van der Waals surface area contributed by atoms with Gasteiger partial charge in [0.15, 0.2) is 18.1 Å². The number of hydrogen-bond donors (Lipinski definition) is 1. The number of allylic oxidation sites excluding steroid dienone is 1. The summed E-state index contributed by atoms with van der Waals surface area (Å²) in [5, 5.41) is 9.14. The third kappa shape index (κ3) is 6.95. The number of methoxy groups -OCH3 is 1. The molecule has 1 aromatic heterocycles. The Morgan fingerprint density at radius 2 is 1.98 bits per heavy atom. The molecule has 228 valence electrons. The van der Waals surface area contributed by atoms with E-state index in [0.29, 0.717) is 87.6 Å². The fourth-order valence-electron chi connectivity index (χ4n) is 4.82. The lowest BCUT2D eigenvalue weighted by atomic mass is 9.95. The van der Waals surface area contributed by atoms with E-state index >= 15 is 0 Å². The lowest BCUT2D eigenvalue weighted by Crippen LogP contribution is -2.43. The summed E-state index contributed by atoms with van der Waals surface area (Å²) >= 11 is 11.4. The Morgan fingerprint density at radius 3 is 2.70 bits per heavy atom. The molecule has 1 saturated heterocycles. The number of carbonyl (C=O) groups is 2. The zero-order valence-corrected chi connectivity index (χ0v) is 27.1. The monoisotopic (exact) mass is 691 g/mol. The van der Waals surface area contributed by atoms with Gasteiger partial charge in [-0.25, -0.2) is 9.48 Å². The second kappa shape index (κ2) is 14.0. The van der Waals surface area contributed by atoms with Gasteiger partial charge in [-0.15, -0.1) is 5.10 Å². The second-order valence-electron chi connectivity index (χ2n) is 9.65. The zero-order chi connectivity index (χ0) is 30.5. The standard InChI is InChI=1S/C29H31BrClN5O6S/c1-4-41-22-14-19(13-20(30)26(22)42-15-23(37)35-9-11-40-12-10-35)25-24(27(38)39-3)17(2)32-28-33-29(34-36(25)28)43-16-18-7-5-6-8-21(18)31/h5-8,13-14,25H,4,9-12,15-16H2,1-3H3,(H,32,33,34). The van der Waals surface area contributed by atoms with Gasteiger partial charge in [0, 0.05) is 29.6 Å². The molecule has 0 saturated carbocycles. The van der Waals surface area contributed by atoms with Gasteiger partial charge >= 0.3 is 5.97 Å². The summed E-state index contributed by atoms with van der Waals surface area (Å²) in [7, 11) is 1.34. The van der Waals surface area contributed by atoms with Crippen molar-refractivity contribution in [3.63, 3.8) is 0 Å². The molecule has 14 heteroatoms. The minimum atomic E-state index is -0.689. The van der Waals surface area contributed by atoms with Crippen LogP contribution in [0, 0.1) is 0 Å². The van der Waals surface area contributed by atoms with Crippen LogP contribution in [0.5, 0.6) is 11.5 Å². The molecular weight excluding hydrogens is 662 g/mol. The van der Waals surface area contributed by atoms with E-state index in [9.17, 15) is 9.59 Å². The number of benzene rings is 2. The summed E-state index contributed by atoms with van der Waals surface area (Å²) in [4.78, 5) is 32.3. The molecule has 0 bridgehead atoms. The largest absolute Gasteiger partial charge is 0.490 e. The minimum absolute atomic E-state index is 0.138. The molecular formula is C29H31BrClN5O6S. The predicted octanol–water partition coefficient (Wildman–Crippen LogP) is 5.08. The van der Waals surface area contributed by atoms with E-state index in [1.807, 2.05) is 37.3 Å². The quantitative estimate of drug-likeness (QED) is 0.228. The molecule has 1 atom stereocenters. The fraction of sp³-hybridized carbons (Fsp3) is 0.379. The summed E-state index contributed by atoms with van der Waals surface area (Å²) in [5.74, 6) is 1.20. The van der Waals surface area contributed by atoms with Crippen molar-refractivity contribution in [1.82, 2.24) is 19.7 Å². The highest BCUT2D eigenvalue weighted by Crippen LogP contribution is 2.43. The van der Waals surface area contributed by atoms with Crippen molar-refractivity contribution >= 4 is 57.1 Å². The van der Waals surface area contributed by atoms with Crippen molar-refractivity contribution < 1.29 is 28.5 Å². The van der Waals surface area contributed by atoms with Crippen molar-refractivity contribution in [1.29, 1.82) is 0 Å². The first-order valence-electron chi connectivity index (χ1n) is 13.6. The van der Waals surface area contributed by atoms with E-state index < -0.39 is 12.0 Å². The van der Waals surface area contributed by atoms with Crippen LogP contribution in [0.4, 0.5) is 5.95 Å². The first-order valence-corrected chi connectivity index (χ1v) is 15.8. The van der Waals surface area contributed by atoms with Crippen LogP contribution in [0.1, 0.15) is 31.0 Å². The molecule has 1 unspecified atom stereocenters. The topological polar surface area (TPSA) is 117 Å².